The van der Waals surface area contributed by atoms with Crippen LogP contribution in [0.25, 0.3) is 11.3 Å². The second-order valence-electron chi connectivity index (χ2n) is 5.88. The highest BCUT2D eigenvalue weighted by atomic mass is 32.1. The maximum atomic E-state index is 13.3. The molecule has 3 aromatic rings. The molecule has 1 amide bonds. The van der Waals surface area contributed by atoms with E-state index in [0.29, 0.717) is 22.7 Å². The molecule has 0 aliphatic heterocycles. The summed E-state index contributed by atoms with van der Waals surface area (Å²) < 4.78 is 20.6. The van der Waals surface area contributed by atoms with Crippen molar-refractivity contribution in [1.82, 2.24) is 4.57 Å². The number of ether oxygens (including phenoxy) is 1. The molecule has 1 heterocycles. The van der Waals surface area contributed by atoms with Gasteiger partial charge >= 0.3 is 0 Å². The number of aryl methyl sites for hydroxylation is 1. The number of hydrogen-bond acceptors (Lipinski definition) is 3. The van der Waals surface area contributed by atoms with Crippen molar-refractivity contribution in [1.29, 1.82) is 0 Å². The average Bonchev–Trinajstić information content (AvgIpc) is 3.05. The summed E-state index contributed by atoms with van der Waals surface area (Å²) in [6, 6.07) is 13.5. The number of carbonyl (C=O) groups is 1. The molecule has 3 rings (SSSR count). The van der Waals surface area contributed by atoms with Crippen LogP contribution in [0.15, 0.2) is 53.5 Å². The van der Waals surface area contributed by atoms with Crippen LogP contribution in [0, 0.1) is 5.82 Å². The Hall–Kier alpha value is -2.73. The second-order valence-corrected chi connectivity index (χ2v) is 6.94. The van der Waals surface area contributed by atoms with Gasteiger partial charge in [-0.1, -0.05) is 19.1 Å². The summed E-state index contributed by atoms with van der Waals surface area (Å²) in [6.45, 7) is 4.72. The first-order valence-electron chi connectivity index (χ1n) is 8.79. The number of carbonyl (C=O) groups excluding carboxylic acids is 1. The highest BCUT2D eigenvalue weighted by molar-refractivity contribution is 7.09. The number of nitrogens with zero attached hydrogens (tertiary/aromatic N) is 2. The predicted molar refractivity (Wildman–Crippen MR) is 106 cm³/mol. The zero-order valence-corrected chi connectivity index (χ0v) is 16.3. The van der Waals surface area contributed by atoms with Gasteiger partial charge in [-0.25, -0.2) is 4.39 Å². The number of benzene rings is 2. The number of para-hydroxylation sites is 1. The average molecular weight is 384 g/mol. The SMILES string of the molecule is CCc1sc(=NC(=O)c2ccccc2OC)n(CC)c1-c1ccc(F)cc1. The zero-order chi connectivity index (χ0) is 19.4. The van der Waals surface area contributed by atoms with Crippen LogP contribution >= 0.6 is 11.3 Å². The molecule has 2 aromatic carbocycles. The van der Waals surface area contributed by atoms with E-state index in [9.17, 15) is 9.18 Å². The summed E-state index contributed by atoms with van der Waals surface area (Å²) in [5, 5.41) is 0. The number of rotatable bonds is 5. The zero-order valence-electron chi connectivity index (χ0n) is 15.5. The fourth-order valence-electron chi connectivity index (χ4n) is 2.97. The molecule has 0 bridgehead atoms. The minimum Gasteiger partial charge on any atom is -0.496 e. The van der Waals surface area contributed by atoms with Gasteiger partial charge in [-0.05, 0) is 55.3 Å². The van der Waals surface area contributed by atoms with E-state index >= 15 is 0 Å². The third-order valence-corrected chi connectivity index (χ3v) is 5.49. The predicted octanol–water partition coefficient (Wildman–Crippen LogP) is 4.69. The first-order chi connectivity index (χ1) is 13.1. The summed E-state index contributed by atoms with van der Waals surface area (Å²) >= 11 is 1.49. The van der Waals surface area contributed by atoms with E-state index in [4.69, 9.17) is 4.74 Å². The Morgan fingerprint density at radius 2 is 1.85 bits per heavy atom. The molecule has 0 radical (unpaired) electrons. The molecule has 0 unspecified atom stereocenters. The standard InChI is InChI=1S/C21H21FN2O2S/c1-4-18-19(14-10-12-15(22)13-11-14)24(5-2)21(27-18)23-20(25)16-8-6-7-9-17(16)26-3/h6-13H,4-5H2,1-3H3. The van der Waals surface area contributed by atoms with E-state index in [1.54, 1.807) is 30.3 Å². The monoisotopic (exact) mass is 384 g/mol. The molecular formula is C21H21FN2O2S. The lowest BCUT2D eigenvalue weighted by molar-refractivity contribution is 0.0995. The topological polar surface area (TPSA) is 43.6 Å². The lowest BCUT2D eigenvalue weighted by Gasteiger charge is -2.08. The molecule has 0 fully saturated rings. The van der Waals surface area contributed by atoms with Crippen molar-refractivity contribution in [3.8, 4) is 17.0 Å². The van der Waals surface area contributed by atoms with Gasteiger partial charge in [0.1, 0.15) is 11.6 Å². The van der Waals surface area contributed by atoms with Gasteiger partial charge in [0.15, 0.2) is 4.80 Å². The van der Waals surface area contributed by atoms with Crippen LogP contribution in [0.3, 0.4) is 0 Å². The summed E-state index contributed by atoms with van der Waals surface area (Å²) in [5.74, 6) is -0.115. The molecule has 4 nitrogen and oxygen atoms in total. The van der Waals surface area contributed by atoms with Gasteiger partial charge in [-0.2, -0.15) is 4.99 Å². The minimum absolute atomic E-state index is 0.272. The Balaban J connectivity index is 2.15. The van der Waals surface area contributed by atoms with Crippen LogP contribution in [-0.2, 0) is 13.0 Å². The van der Waals surface area contributed by atoms with E-state index < -0.39 is 0 Å². The Morgan fingerprint density at radius 3 is 2.48 bits per heavy atom. The Bertz CT molecular complexity index is 1020. The first kappa shape index (κ1) is 19.0. The number of hydrogen-bond donors (Lipinski definition) is 0. The fourth-order valence-corrected chi connectivity index (χ4v) is 4.12. The van der Waals surface area contributed by atoms with Crippen LogP contribution in [-0.4, -0.2) is 17.6 Å². The molecule has 0 atom stereocenters. The Kier molecular flexibility index (Phi) is 5.86. The van der Waals surface area contributed by atoms with Crippen molar-refractivity contribution in [2.75, 3.05) is 7.11 Å². The molecule has 0 spiro atoms. The van der Waals surface area contributed by atoms with Crippen molar-refractivity contribution in [2.24, 2.45) is 4.99 Å². The smallest absolute Gasteiger partial charge is 0.283 e. The third-order valence-electron chi connectivity index (χ3n) is 4.27. The molecule has 0 saturated heterocycles. The molecule has 0 N–H and O–H groups in total. The van der Waals surface area contributed by atoms with Gasteiger partial charge in [-0.3, -0.25) is 4.79 Å². The van der Waals surface area contributed by atoms with Gasteiger partial charge in [0.2, 0.25) is 0 Å². The second kappa shape index (κ2) is 8.31. The minimum atomic E-state index is -0.343. The highest BCUT2D eigenvalue weighted by Gasteiger charge is 2.16. The quantitative estimate of drug-likeness (QED) is 0.641. The normalized spacial score (nSPS) is 11.6. The van der Waals surface area contributed by atoms with Crippen LogP contribution in [0.4, 0.5) is 4.39 Å². The summed E-state index contributed by atoms with van der Waals surface area (Å²) in [5.41, 5.74) is 2.33. The fraction of sp³-hybridized carbons (Fsp3) is 0.238. The van der Waals surface area contributed by atoms with Crippen molar-refractivity contribution in [3.63, 3.8) is 0 Å². The van der Waals surface area contributed by atoms with Gasteiger partial charge in [0.05, 0.1) is 18.4 Å². The highest BCUT2D eigenvalue weighted by Crippen LogP contribution is 2.27. The molecule has 0 saturated carbocycles. The molecule has 1 aromatic heterocycles. The molecular weight excluding hydrogens is 363 g/mol. The van der Waals surface area contributed by atoms with E-state index in [-0.39, 0.29) is 11.7 Å². The van der Waals surface area contributed by atoms with Gasteiger partial charge < -0.3 is 9.30 Å². The number of halogens is 1. The van der Waals surface area contributed by atoms with E-state index in [1.165, 1.54) is 30.6 Å². The molecule has 0 aliphatic rings. The van der Waals surface area contributed by atoms with E-state index in [1.807, 2.05) is 17.6 Å². The first-order valence-corrected chi connectivity index (χ1v) is 9.61. The number of thiazole rings is 1. The van der Waals surface area contributed by atoms with Crippen molar-refractivity contribution in [3.05, 3.63) is 69.6 Å². The number of aromatic nitrogens is 1. The summed E-state index contributed by atoms with van der Waals surface area (Å²) in [6.07, 6.45) is 0.801. The molecule has 140 valence electrons. The lowest BCUT2D eigenvalue weighted by atomic mass is 10.1. The van der Waals surface area contributed by atoms with Crippen LogP contribution in [0.1, 0.15) is 29.1 Å². The lowest BCUT2D eigenvalue weighted by Crippen LogP contribution is -2.17. The summed E-state index contributed by atoms with van der Waals surface area (Å²) in [4.78, 5) is 18.9. The van der Waals surface area contributed by atoms with Crippen molar-refractivity contribution < 1.29 is 13.9 Å². The number of methoxy groups -OCH3 is 1. The maximum Gasteiger partial charge on any atom is 0.283 e. The van der Waals surface area contributed by atoms with E-state index in [0.717, 1.165) is 22.6 Å². The van der Waals surface area contributed by atoms with Crippen LogP contribution < -0.4 is 9.54 Å². The van der Waals surface area contributed by atoms with Gasteiger partial charge in [0.25, 0.3) is 5.91 Å². The van der Waals surface area contributed by atoms with Crippen molar-refractivity contribution >= 4 is 17.2 Å². The van der Waals surface area contributed by atoms with Crippen LogP contribution in [0.5, 0.6) is 5.75 Å². The Morgan fingerprint density at radius 1 is 1.15 bits per heavy atom. The van der Waals surface area contributed by atoms with Crippen LogP contribution in [0.2, 0.25) is 0 Å². The van der Waals surface area contributed by atoms with Gasteiger partial charge in [-0.15, -0.1) is 11.3 Å². The number of amides is 1. The maximum absolute atomic E-state index is 13.3. The third kappa shape index (κ3) is 3.85. The van der Waals surface area contributed by atoms with E-state index in [2.05, 4.69) is 11.9 Å². The van der Waals surface area contributed by atoms with Crippen molar-refractivity contribution in [2.45, 2.75) is 26.8 Å². The summed E-state index contributed by atoms with van der Waals surface area (Å²) in [7, 11) is 1.53. The molecule has 0 aliphatic carbocycles. The molecule has 6 heteroatoms. The Labute approximate surface area is 161 Å². The molecule has 27 heavy (non-hydrogen) atoms. The largest absolute Gasteiger partial charge is 0.496 e. The van der Waals surface area contributed by atoms with Gasteiger partial charge in [0, 0.05) is 11.4 Å².